The van der Waals surface area contributed by atoms with E-state index in [2.05, 4.69) is 33.0 Å². The summed E-state index contributed by atoms with van der Waals surface area (Å²) in [6, 6.07) is 0.245. The standard InChI is InChI=1S/C11H23NO2.C3H8.H2/c1-6-8-9(7-2)12-10(13)14-11(3,4)5;1-3-2;/h9H,6-8H2,1-5H3,(H,12,13);3H2,1-2H3;1H. The fourth-order valence-corrected chi connectivity index (χ4v) is 1.20. The first kappa shape index (κ1) is 18.6. The number of ether oxygens (including phenoxy) is 1. The Bertz CT molecular complexity index is 191. The average Bonchev–Trinajstić information content (AvgIpc) is 2.15. The number of alkyl carbamates (subject to hydrolysis) is 1. The number of rotatable bonds is 4. The van der Waals surface area contributed by atoms with E-state index in [4.69, 9.17) is 4.74 Å². The van der Waals surface area contributed by atoms with Crippen LogP contribution in [-0.4, -0.2) is 17.7 Å². The Morgan fingerprint density at radius 2 is 1.71 bits per heavy atom. The van der Waals surface area contributed by atoms with Gasteiger partial charge >= 0.3 is 6.09 Å². The van der Waals surface area contributed by atoms with Crippen LogP contribution in [0.3, 0.4) is 0 Å². The van der Waals surface area contributed by atoms with Crippen molar-refractivity contribution < 1.29 is 11.0 Å². The summed E-state index contributed by atoms with van der Waals surface area (Å²) in [5.74, 6) is 0. The molecule has 3 heteroatoms. The molecule has 0 spiro atoms. The lowest BCUT2D eigenvalue weighted by Gasteiger charge is -2.22. The molecule has 1 N–H and O–H groups in total. The van der Waals surface area contributed by atoms with Crippen molar-refractivity contribution in [2.75, 3.05) is 0 Å². The van der Waals surface area contributed by atoms with Crippen molar-refractivity contribution in [1.29, 1.82) is 0 Å². The Hall–Kier alpha value is -0.730. The van der Waals surface area contributed by atoms with Gasteiger partial charge in [-0.2, -0.15) is 0 Å². The van der Waals surface area contributed by atoms with Crippen molar-refractivity contribution in [1.82, 2.24) is 5.32 Å². The van der Waals surface area contributed by atoms with Gasteiger partial charge in [-0.05, 0) is 33.6 Å². The molecule has 0 heterocycles. The van der Waals surface area contributed by atoms with Crippen molar-refractivity contribution in [2.45, 2.75) is 85.8 Å². The first-order chi connectivity index (χ1) is 7.80. The van der Waals surface area contributed by atoms with Gasteiger partial charge in [0.1, 0.15) is 5.60 Å². The predicted octanol–water partition coefficient (Wildman–Crippen LogP) is 4.75. The molecule has 1 unspecified atom stereocenters. The SMILES string of the molecule is CCC.CCCC(CC)NC(=O)OC(C)(C)C.[HH]. The average molecular weight is 247 g/mol. The zero-order chi connectivity index (χ0) is 13.9. The van der Waals surface area contributed by atoms with Crippen LogP contribution in [-0.2, 0) is 4.74 Å². The highest BCUT2D eigenvalue weighted by atomic mass is 16.6. The van der Waals surface area contributed by atoms with Crippen LogP contribution in [0.2, 0.25) is 0 Å². The smallest absolute Gasteiger partial charge is 0.407 e. The first-order valence-corrected chi connectivity index (χ1v) is 6.80. The van der Waals surface area contributed by atoms with E-state index in [1.165, 1.54) is 6.42 Å². The zero-order valence-corrected chi connectivity index (χ0v) is 12.7. The van der Waals surface area contributed by atoms with Crippen molar-refractivity contribution in [3.05, 3.63) is 0 Å². The van der Waals surface area contributed by atoms with Crippen LogP contribution in [0.5, 0.6) is 0 Å². The minimum atomic E-state index is -0.408. The molecule has 0 radical (unpaired) electrons. The number of hydrogen-bond acceptors (Lipinski definition) is 2. The van der Waals surface area contributed by atoms with Crippen LogP contribution in [0.25, 0.3) is 0 Å². The molecule has 0 rings (SSSR count). The van der Waals surface area contributed by atoms with Gasteiger partial charge in [-0.3, -0.25) is 0 Å². The van der Waals surface area contributed by atoms with Crippen LogP contribution in [0.4, 0.5) is 4.79 Å². The van der Waals surface area contributed by atoms with Gasteiger partial charge in [0.05, 0.1) is 0 Å². The Balaban J connectivity index is -0.000000507. The van der Waals surface area contributed by atoms with Crippen molar-refractivity contribution in [3.8, 4) is 0 Å². The normalized spacial score (nSPS) is 12.2. The number of carbonyl (C=O) groups excluding carboxylic acids is 1. The maximum atomic E-state index is 11.4. The Morgan fingerprint density at radius 3 is 2.00 bits per heavy atom. The Morgan fingerprint density at radius 1 is 1.24 bits per heavy atom. The van der Waals surface area contributed by atoms with Crippen LogP contribution in [0.1, 0.15) is 75.6 Å². The molecule has 0 aromatic heterocycles. The maximum absolute atomic E-state index is 11.4. The topological polar surface area (TPSA) is 38.3 Å². The van der Waals surface area contributed by atoms with Crippen LogP contribution < -0.4 is 5.32 Å². The number of nitrogens with one attached hydrogen (secondary N) is 1. The van der Waals surface area contributed by atoms with Crippen molar-refractivity contribution in [3.63, 3.8) is 0 Å². The molecule has 0 saturated carbocycles. The molecule has 0 aliphatic carbocycles. The molecule has 0 aromatic carbocycles. The molecule has 0 fully saturated rings. The summed E-state index contributed by atoms with van der Waals surface area (Å²) < 4.78 is 5.17. The second-order valence-electron chi connectivity index (χ2n) is 5.25. The number of hydrogen-bond donors (Lipinski definition) is 1. The van der Waals surface area contributed by atoms with Crippen LogP contribution in [0.15, 0.2) is 0 Å². The molecule has 3 nitrogen and oxygen atoms in total. The van der Waals surface area contributed by atoms with E-state index < -0.39 is 5.60 Å². The van der Waals surface area contributed by atoms with E-state index in [0.717, 1.165) is 19.3 Å². The molecule has 0 aliphatic heterocycles. The molecule has 1 atom stereocenters. The number of carbonyl (C=O) groups is 1. The summed E-state index contributed by atoms with van der Waals surface area (Å²) in [6.45, 7) is 14.0. The molecular formula is C14H33NO2. The predicted molar refractivity (Wildman–Crippen MR) is 76.4 cm³/mol. The summed E-state index contributed by atoms with van der Waals surface area (Å²) in [7, 11) is 0. The lowest BCUT2D eigenvalue weighted by molar-refractivity contribution is 0.0500. The quantitative estimate of drug-likeness (QED) is 0.778. The summed E-state index contributed by atoms with van der Waals surface area (Å²) in [5, 5.41) is 2.86. The molecule has 17 heavy (non-hydrogen) atoms. The van der Waals surface area contributed by atoms with Gasteiger partial charge in [0, 0.05) is 7.47 Å². The summed E-state index contributed by atoms with van der Waals surface area (Å²) in [4.78, 5) is 11.4. The van der Waals surface area contributed by atoms with Gasteiger partial charge in [0.15, 0.2) is 0 Å². The van der Waals surface area contributed by atoms with Crippen molar-refractivity contribution in [2.24, 2.45) is 0 Å². The zero-order valence-electron chi connectivity index (χ0n) is 12.7. The molecule has 1 amide bonds. The van der Waals surface area contributed by atoms with Crippen molar-refractivity contribution >= 4 is 6.09 Å². The third kappa shape index (κ3) is 15.3. The largest absolute Gasteiger partial charge is 0.444 e. The lowest BCUT2D eigenvalue weighted by Crippen LogP contribution is -2.38. The lowest BCUT2D eigenvalue weighted by atomic mass is 10.1. The summed E-state index contributed by atoms with van der Waals surface area (Å²) >= 11 is 0. The minimum absolute atomic E-state index is 0. The number of amides is 1. The van der Waals surface area contributed by atoms with Gasteiger partial charge in [0.25, 0.3) is 0 Å². The molecule has 0 saturated heterocycles. The minimum Gasteiger partial charge on any atom is -0.444 e. The van der Waals surface area contributed by atoms with E-state index in [1.54, 1.807) is 0 Å². The highest BCUT2D eigenvalue weighted by molar-refractivity contribution is 5.68. The molecular weight excluding hydrogens is 214 g/mol. The summed E-state index contributed by atoms with van der Waals surface area (Å²) in [6.07, 6.45) is 3.98. The highest BCUT2D eigenvalue weighted by Crippen LogP contribution is 2.08. The Labute approximate surface area is 109 Å². The second kappa shape index (κ2) is 10.4. The third-order valence-corrected chi connectivity index (χ3v) is 1.85. The van der Waals surface area contributed by atoms with E-state index in [1.807, 2.05) is 20.8 Å². The molecule has 0 aromatic rings. The third-order valence-electron chi connectivity index (χ3n) is 1.85. The first-order valence-electron chi connectivity index (χ1n) is 6.80. The fraction of sp³-hybridized carbons (Fsp3) is 0.929. The maximum Gasteiger partial charge on any atom is 0.407 e. The van der Waals surface area contributed by atoms with Crippen LogP contribution >= 0.6 is 0 Å². The van der Waals surface area contributed by atoms with Gasteiger partial charge in [0.2, 0.25) is 0 Å². The van der Waals surface area contributed by atoms with Gasteiger partial charge in [-0.15, -0.1) is 0 Å². The second-order valence-corrected chi connectivity index (χ2v) is 5.25. The van der Waals surface area contributed by atoms with E-state index in [0.29, 0.717) is 0 Å². The molecule has 0 aliphatic rings. The van der Waals surface area contributed by atoms with E-state index >= 15 is 0 Å². The molecule has 0 bridgehead atoms. The fourth-order valence-electron chi connectivity index (χ4n) is 1.20. The Kier molecular flexibility index (Phi) is 11.4. The van der Waals surface area contributed by atoms with Gasteiger partial charge in [-0.25, -0.2) is 4.79 Å². The van der Waals surface area contributed by atoms with E-state index in [9.17, 15) is 4.79 Å². The van der Waals surface area contributed by atoms with Gasteiger partial charge < -0.3 is 10.1 Å². The highest BCUT2D eigenvalue weighted by Gasteiger charge is 2.17. The van der Waals surface area contributed by atoms with Gasteiger partial charge in [-0.1, -0.05) is 40.5 Å². The van der Waals surface area contributed by atoms with E-state index in [-0.39, 0.29) is 13.6 Å². The molecule has 106 valence electrons. The summed E-state index contributed by atoms with van der Waals surface area (Å²) in [5.41, 5.74) is -0.408. The monoisotopic (exact) mass is 247 g/mol. The van der Waals surface area contributed by atoms with Crippen LogP contribution in [0, 0.1) is 0 Å².